The van der Waals surface area contributed by atoms with Gasteiger partial charge < -0.3 is 14.2 Å². The van der Waals surface area contributed by atoms with Crippen LogP contribution < -0.4 is 0 Å². The van der Waals surface area contributed by atoms with E-state index in [0.29, 0.717) is 19.3 Å². The van der Waals surface area contributed by atoms with E-state index >= 15 is 0 Å². The first-order valence-electron chi connectivity index (χ1n) is 29.1. The van der Waals surface area contributed by atoms with Crippen LogP contribution in [0.3, 0.4) is 0 Å². The molecule has 0 rings (SSSR count). The van der Waals surface area contributed by atoms with Crippen LogP contribution in [0.5, 0.6) is 0 Å². The predicted octanol–water partition coefficient (Wildman–Crippen LogP) is 19.5. The van der Waals surface area contributed by atoms with Gasteiger partial charge in [-0.25, -0.2) is 0 Å². The molecule has 0 aliphatic rings. The average molecular weight is 962 g/mol. The second kappa shape index (κ2) is 57.2. The minimum absolute atomic E-state index is 0.0907. The number of unbranched alkanes of at least 4 members (excludes halogenated alkanes) is 27. The fraction of sp³-hybridized carbons (Fsp3) is 0.730. The molecule has 0 amide bonds. The number of rotatable bonds is 52. The van der Waals surface area contributed by atoms with E-state index in [1.54, 1.807) is 0 Å². The molecule has 0 bridgehead atoms. The van der Waals surface area contributed by atoms with Crippen LogP contribution in [0, 0.1) is 0 Å². The molecule has 0 spiro atoms. The van der Waals surface area contributed by atoms with Crippen molar-refractivity contribution in [3.05, 3.63) is 85.1 Å². The highest BCUT2D eigenvalue weighted by Crippen LogP contribution is 2.16. The zero-order valence-electron chi connectivity index (χ0n) is 45.3. The van der Waals surface area contributed by atoms with Crippen molar-refractivity contribution in [3.63, 3.8) is 0 Å². The van der Waals surface area contributed by atoms with Gasteiger partial charge in [-0.3, -0.25) is 14.4 Å². The van der Waals surface area contributed by atoms with E-state index in [1.807, 2.05) is 0 Å². The minimum atomic E-state index is -0.797. The first-order valence-corrected chi connectivity index (χ1v) is 29.1. The number of hydrogen-bond donors (Lipinski definition) is 0. The van der Waals surface area contributed by atoms with Gasteiger partial charge in [0.05, 0.1) is 0 Å². The fourth-order valence-electron chi connectivity index (χ4n) is 8.08. The maximum atomic E-state index is 12.8. The second-order valence-electron chi connectivity index (χ2n) is 19.2. The number of ether oxygens (including phenoxy) is 3. The van der Waals surface area contributed by atoms with Gasteiger partial charge >= 0.3 is 17.9 Å². The molecule has 6 heteroatoms. The fourth-order valence-corrected chi connectivity index (χ4v) is 8.08. The van der Waals surface area contributed by atoms with Crippen LogP contribution >= 0.6 is 0 Å². The Kier molecular flexibility index (Phi) is 54.3. The van der Waals surface area contributed by atoms with Crippen LogP contribution in [0.25, 0.3) is 0 Å². The lowest BCUT2D eigenvalue weighted by molar-refractivity contribution is -0.167. The second-order valence-corrected chi connectivity index (χ2v) is 19.2. The predicted molar refractivity (Wildman–Crippen MR) is 297 cm³/mol. The highest BCUT2D eigenvalue weighted by molar-refractivity contribution is 5.71. The topological polar surface area (TPSA) is 78.9 Å². The Hall–Kier alpha value is -3.41. The third kappa shape index (κ3) is 55.4. The summed E-state index contributed by atoms with van der Waals surface area (Å²) in [5, 5.41) is 0. The molecule has 0 aromatic rings. The van der Waals surface area contributed by atoms with E-state index in [2.05, 4.69) is 106 Å². The largest absolute Gasteiger partial charge is 0.462 e. The molecular formula is C63H108O6. The van der Waals surface area contributed by atoms with Gasteiger partial charge in [-0.1, -0.05) is 273 Å². The highest BCUT2D eigenvalue weighted by Gasteiger charge is 2.19. The van der Waals surface area contributed by atoms with Crippen molar-refractivity contribution in [3.8, 4) is 0 Å². The van der Waals surface area contributed by atoms with Crippen molar-refractivity contribution in [1.29, 1.82) is 0 Å². The Balaban J connectivity index is 4.44. The zero-order valence-corrected chi connectivity index (χ0v) is 45.3. The molecule has 0 N–H and O–H groups in total. The first-order chi connectivity index (χ1) is 34.0. The minimum Gasteiger partial charge on any atom is -0.462 e. The summed E-state index contributed by atoms with van der Waals surface area (Å²) < 4.78 is 16.8. The molecule has 0 heterocycles. The summed E-state index contributed by atoms with van der Waals surface area (Å²) in [4.78, 5) is 38.1. The zero-order chi connectivity index (χ0) is 50.0. The van der Waals surface area contributed by atoms with Crippen molar-refractivity contribution in [2.75, 3.05) is 13.2 Å². The summed E-state index contributed by atoms with van der Waals surface area (Å²) in [5.74, 6) is -0.943. The lowest BCUT2D eigenvalue weighted by Crippen LogP contribution is -2.30. The van der Waals surface area contributed by atoms with Gasteiger partial charge in [0.1, 0.15) is 13.2 Å². The molecule has 0 saturated carbocycles. The summed E-state index contributed by atoms with van der Waals surface area (Å²) >= 11 is 0. The smallest absolute Gasteiger partial charge is 0.306 e. The van der Waals surface area contributed by atoms with Crippen LogP contribution in [0.2, 0.25) is 0 Å². The molecule has 0 radical (unpaired) electrons. The Labute approximate surface area is 426 Å². The van der Waals surface area contributed by atoms with Gasteiger partial charge in [0.15, 0.2) is 6.10 Å². The van der Waals surface area contributed by atoms with Gasteiger partial charge in [-0.2, -0.15) is 0 Å². The molecule has 6 nitrogen and oxygen atoms in total. The van der Waals surface area contributed by atoms with Gasteiger partial charge in [-0.05, 0) is 70.6 Å². The monoisotopic (exact) mass is 961 g/mol. The third-order valence-electron chi connectivity index (χ3n) is 12.4. The van der Waals surface area contributed by atoms with Crippen molar-refractivity contribution < 1.29 is 28.6 Å². The molecule has 396 valence electrons. The summed E-state index contributed by atoms with van der Waals surface area (Å²) in [7, 11) is 0. The van der Waals surface area contributed by atoms with Crippen molar-refractivity contribution in [1.82, 2.24) is 0 Å². The molecular weight excluding hydrogens is 853 g/mol. The Morgan fingerprint density at radius 3 is 0.884 bits per heavy atom. The van der Waals surface area contributed by atoms with Gasteiger partial charge in [0.2, 0.25) is 0 Å². The van der Waals surface area contributed by atoms with Gasteiger partial charge in [0, 0.05) is 19.3 Å². The number of allylic oxidation sites excluding steroid dienone is 14. The van der Waals surface area contributed by atoms with E-state index in [9.17, 15) is 14.4 Å². The third-order valence-corrected chi connectivity index (χ3v) is 12.4. The Morgan fingerprint density at radius 2 is 0.565 bits per heavy atom. The van der Waals surface area contributed by atoms with Crippen molar-refractivity contribution in [2.24, 2.45) is 0 Å². The molecule has 0 aliphatic heterocycles. The molecule has 0 saturated heterocycles. The molecule has 0 aromatic heterocycles. The molecule has 0 fully saturated rings. The lowest BCUT2D eigenvalue weighted by Gasteiger charge is -2.18. The van der Waals surface area contributed by atoms with Crippen LogP contribution in [-0.4, -0.2) is 37.2 Å². The number of carbonyl (C=O) groups excluding carboxylic acids is 3. The van der Waals surface area contributed by atoms with E-state index < -0.39 is 6.10 Å². The van der Waals surface area contributed by atoms with Crippen molar-refractivity contribution in [2.45, 2.75) is 284 Å². The van der Waals surface area contributed by atoms with Crippen LogP contribution in [0.15, 0.2) is 85.1 Å². The number of hydrogen-bond acceptors (Lipinski definition) is 6. The molecule has 0 aromatic carbocycles. The van der Waals surface area contributed by atoms with E-state index in [0.717, 1.165) is 89.9 Å². The standard InChI is InChI=1S/C63H108O6/c1-4-7-10-13-16-19-22-25-28-29-30-31-32-33-34-35-36-39-41-44-47-50-53-56-62(65)68-59-60(69-63(66)57-54-51-48-45-42-38-27-24-21-18-15-12-9-6-3)58-67-61(64)55-52-49-46-43-40-37-26-23-20-17-14-11-8-5-2/h7,10,16,19,25,28,30-31,33-34,36,39,44,47,60H,4-6,8-9,11-15,17-18,20-24,26-27,29,32,35,37-38,40-43,45-46,48-59H2,1-3H3/b10-7-,19-16-,28-25-,31-30-,34-33-,39-36-,47-44-. The van der Waals surface area contributed by atoms with Gasteiger partial charge in [-0.15, -0.1) is 0 Å². The SMILES string of the molecule is CC/C=C\C/C=C\C/C=C\C/C=C\C/C=C\C/C=C\C/C=C\CCCC(=O)OCC(COC(=O)CCCCCCCCCCCCCCCC)OC(=O)CCCCCCCCCCCCCCCC. The van der Waals surface area contributed by atoms with E-state index in [1.165, 1.54) is 141 Å². The Bertz CT molecular complexity index is 1330. The van der Waals surface area contributed by atoms with Gasteiger partial charge in [0.25, 0.3) is 0 Å². The molecule has 69 heavy (non-hydrogen) atoms. The molecule has 1 atom stereocenters. The van der Waals surface area contributed by atoms with E-state index in [4.69, 9.17) is 14.2 Å². The summed E-state index contributed by atoms with van der Waals surface area (Å²) in [6.45, 7) is 6.50. The first kappa shape index (κ1) is 65.6. The highest BCUT2D eigenvalue weighted by atomic mass is 16.6. The Morgan fingerprint density at radius 1 is 0.304 bits per heavy atom. The van der Waals surface area contributed by atoms with Crippen LogP contribution in [0.4, 0.5) is 0 Å². The normalized spacial score (nSPS) is 12.7. The maximum absolute atomic E-state index is 12.8. The molecule has 0 aliphatic carbocycles. The van der Waals surface area contributed by atoms with Crippen LogP contribution in [-0.2, 0) is 28.6 Å². The number of esters is 3. The quantitative estimate of drug-likeness (QED) is 0.0262. The summed E-state index contributed by atoms with van der Waals surface area (Å²) in [6, 6.07) is 0. The average Bonchev–Trinajstić information content (AvgIpc) is 3.35. The molecule has 1 unspecified atom stereocenters. The summed E-state index contributed by atoms with van der Waals surface area (Å²) in [6.07, 6.45) is 74.3. The lowest BCUT2D eigenvalue weighted by atomic mass is 10.0. The summed E-state index contributed by atoms with van der Waals surface area (Å²) in [5.41, 5.74) is 0. The van der Waals surface area contributed by atoms with Crippen molar-refractivity contribution >= 4 is 17.9 Å². The number of carbonyl (C=O) groups is 3. The van der Waals surface area contributed by atoms with Crippen LogP contribution in [0.1, 0.15) is 278 Å². The maximum Gasteiger partial charge on any atom is 0.306 e. The van der Waals surface area contributed by atoms with E-state index in [-0.39, 0.29) is 37.5 Å².